The Bertz CT molecular complexity index is 1100. The van der Waals surface area contributed by atoms with Crippen LogP contribution in [0.1, 0.15) is 10.6 Å². The molecule has 0 bridgehead atoms. The van der Waals surface area contributed by atoms with Crippen LogP contribution in [0.2, 0.25) is 0 Å². The maximum absolute atomic E-state index is 12.0. The molecule has 0 fully saturated rings. The summed E-state index contributed by atoms with van der Waals surface area (Å²) in [4.78, 5) is 24.0. The van der Waals surface area contributed by atoms with Gasteiger partial charge in [0.2, 0.25) is 11.0 Å². The van der Waals surface area contributed by atoms with E-state index in [1.165, 1.54) is 19.4 Å². The molecule has 160 valence electrons. The first kappa shape index (κ1) is 22.2. The van der Waals surface area contributed by atoms with Gasteiger partial charge in [-0.25, -0.2) is 10.2 Å². The number of nitrogens with zero attached hydrogens (tertiary/aromatic N) is 3. The van der Waals surface area contributed by atoms with E-state index in [9.17, 15) is 14.7 Å². The number of ether oxygens (including phenoxy) is 1. The molecule has 12 heteroatoms. The summed E-state index contributed by atoms with van der Waals surface area (Å²) in [6, 6.07) is 11.3. The van der Waals surface area contributed by atoms with Gasteiger partial charge in [0.15, 0.2) is 11.5 Å². The number of phenolic OH excluding ortho intramolecular Hbond substituents is 1. The van der Waals surface area contributed by atoms with Crippen LogP contribution < -0.4 is 20.8 Å². The van der Waals surface area contributed by atoms with Crippen molar-refractivity contribution in [3.63, 3.8) is 0 Å². The first-order valence-electron chi connectivity index (χ1n) is 8.78. The van der Waals surface area contributed by atoms with E-state index in [0.717, 1.165) is 15.8 Å². The largest absolute Gasteiger partial charge is 0.504 e. The van der Waals surface area contributed by atoms with E-state index in [4.69, 9.17) is 4.74 Å². The number of carbonyl (C=O) groups is 2. The number of amides is 3. The lowest BCUT2D eigenvalue weighted by molar-refractivity contribution is -0.120. The Kier molecular flexibility index (Phi) is 7.51. The number of aromatic nitrogens is 2. The Hall–Kier alpha value is -3.51. The highest BCUT2D eigenvalue weighted by atomic mass is 79.9. The first-order valence-corrected chi connectivity index (χ1v) is 10.4. The van der Waals surface area contributed by atoms with Crippen molar-refractivity contribution in [1.29, 1.82) is 0 Å². The lowest BCUT2D eigenvalue weighted by atomic mass is 10.2. The van der Waals surface area contributed by atoms with Crippen LogP contribution in [-0.2, 0) is 11.2 Å². The summed E-state index contributed by atoms with van der Waals surface area (Å²) in [6.07, 6.45) is 1.36. The minimum absolute atomic E-state index is 0.00916. The van der Waals surface area contributed by atoms with Gasteiger partial charge in [0.25, 0.3) is 0 Å². The fraction of sp³-hybridized carbons (Fsp3) is 0.105. The normalized spacial score (nSPS) is 10.6. The van der Waals surface area contributed by atoms with Crippen LogP contribution in [-0.4, -0.2) is 40.6 Å². The number of anilines is 2. The van der Waals surface area contributed by atoms with E-state index >= 15 is 0 Å². The number of nitrogens with one attached hydrogen (secondary N) is 3. The van der Waals surface area contributed by atoms with Gasteiger partial charge in [0.05, 0.1) is 19.7 Å². The van der Waals surface area contributed by atoms with Crippen LogP contribution in [0, 0.1) is 0 Å². The van der Waals surface area contributed by atoms with Gasteiger partial charge in [-0.2, -0.15) is 5.10 Å². The molecular weight excluding hydrogens is 488 g/mol. The van der Waals surface area contributed by atoms with Gasteiger partial charge in [-0.15, -0.1) is 10.2 Å². The summed E-state index contributed by atoms with van der Waals surface area (Å²) < 4.78 is 5.91. The van der Waals surface area contributed by atoms with Crippen molar-refractivity contribution in [3.05, 3.63) is 57.5 Å². The number of hydrogen-bond acceptors (Lipinski definition) is 8. The van der Waals surface area contributed by atoms with Gasteiger partial charge >= 0.3 is 6.03 Å². The molecule has 1 aromatic heterocycles. The number of carbonyl (C=O) groups excluding carboxylic acids is 2. The number of hydrazone groups is 1. The zero-order valence-corrected chi connectivity index (χ0v) is 18.5. The lowest BCUT2D eigenvalue weighted by Crippen LogP contribution is -2.19. The van der Waals surface area contributed by atoms with Gasteiger partial charge in [0.1, 0.15) is 5.01 Å². The van der Waals surface area contributed by atoms with Crippen molar-refractivity contribution in [2.24, 2.45) is 5.10 Å². The van der Waals surface area contributed by atoms with Crippen LogP contribution in [0.3, 0.4) is 0 Å². The highest BCUT2D eigenvalue weighted by Crippen LogP contribution is 2.25. The van der Waals surface area contributed by atoms with Crippen LogP contribution in [0.25, 0.3) is 0 Å². The van der Waals surface area contributed by atoms with Crippen molar-refractivity contribution in [2.75, 3.05) is 17.7 Å². The van der Waals surface area contributed by atoms with E-state index in [-0.39, 0.29) is 17.3 Å². The van der Waals surface area contributed by atoms with Gasteiger partial charge in [-0.3, -0.25) is 10.1 Å². The molecule has 31 heavy (non-hydrogen) atoms. The Morgan fingerprint density at radius 1 is 1.19 bits per heavy atom. The number of hydrogen-bond donors (Lipinski definition) is 4. The van der Waals surface area contributed by atoms with Gasteiger partial charge < -0.3 is 15.2 Å². The summed E-state index contributed by atoms with van der Waals surface area (Å²) in [6.45, 7) is 0. The summed E-state index contributed by atoms with van der Waals surface area (Å²) in [5, 5.41) is 27.1. The molecule has 3 amide bonds. The molecule has 3 aromatic rings. The molecule has 0 aliphatic rings. The maximum atomic E-state index is 12.0. The van der Waals surface area contributed by atoms with Crippen LogP contribution in [0.4, 0.5) is 15.6 Å². The molecule has 0 spiro atoms. The third-order valence-corrected chi connectivity index (χ3v) is 5.08. The smallest absolute Gasteiger partial charge is 0.325 e. The topological polar surface area (TPSA) is 138 Å². The molecule has 0 unspecified atom stereocenters. The zero-order valence-electron chi connectivity index (χ0n) is 16.1. The second-order valence-electron chi connectivity index (χ2n) is 5.99. The third kappa shape index (κ3) is 6.76. The van der Waals surface area contributed by atoms with Crippen molar-refractivity contribution in [3.8, 4) is 11.5 Å². The number of phenols is 1. The second-order valence-corrected chi connectivity index (χ2v) is 7.97. The van der Waals surface area contributed by atoms with Crippen molar-refractivity contribution < 1.29 is 19.4 Å². The molecule has 2 aromatic carbocycles. The predicted octanol–water partition coefficient (Wildman–Crippen LogP) is 3.35. The van der Waals surface area contributed by atoms with E-state index in [1.54, 1.807) is 36.4 Å². The number of aromatic hydroxyl groups is 1. The van der Waals surface area contributed by atoms with Gasteiger partial charge in [-0.05, 0) is 48.0 Å². The molecular formula is C19H17BrN6O4S. The highest BCUT2D eigenvalue weighted by Gasteiger charge is 2.11. The third-order valence-electron chi connectivity index (χ3n) is 3.71. The van der Waals surface area contributed by atoms with E-state index in [0.29, 0.717) is 22.0 Å². The highest BCUT2D eigenvalue weighted by molar-refractivity contribution is 9.10. The number of rotatable bonds is 7. The maximum Gasteiger partial charge on any atom is 0.325 e. The number of halogens is 1. The molecule has 3 rings (SSSR count). The van der Waals surface area contributed by atoms with E-state index in [2.05, 4.69) is 47.3 Å². The standard InChI is InChI=1S/C19H17BrN6O4S/c1-30-15-8-11(2-7-14(15)27)10-21-24-16(28)9-17-25-26-19(31-17)23-18(29)22-13-5-3-12(20)4-6-13/h2-8,10,27H,9H2,1H3,(H,24,28)(H2,22,23,26,29)/b21-10-. The molecule has 0 saturated heterocycles. The number of urea groups is 1. The molecule has 0 atom stereocenters. The SMILES string of the molecule is COc1cc(/C=N\NC(=O)Cc2nnc(NC(=O)Nc3ccc(Br)cc3)s2)ccc1O. The second kappa shape index (κ2) is 10.5. The summed E-state index contributed by atoms with van der Waals surface area (Å²) in [5.74, 6) is -0.0905. The predicted molar refractivity (Wildman–Crippen MR) is 121 cm³/mol. The fourth-order valence-corrected chi connectivity index (χ4v) is 3.30. The Labute approximate surface area is 189 Å². The van der Waals surface area contributed by atoms with Crippen LogP contribution in [0.5, 0.6) is 11.5 Å². The fourth-order valence-electron chi connectivity index (χ4n) is 2.30. The minimum atomic E-state index is -0.469. The Morgan fingerprint density at radius 3 is 2.71 bits per heavy atom. The van der Waals surface area contributed by atoms with Gasteiger partial charge in [0, 0.05) is 10.2 Å². The average molecular weight is 505 g/mol. The van der Waals surface area contributed by atoms with Crippen LogP contribution >= 0.6 is 27.3 Å². The average Bonchev–Trinajstić information content (AvgIpc) is 3.17. The Morgan fingerprint density at radius 2 is 1.97 bits per heavy atom. The molecule has 0 aliphatic heterocycles. The van der Waals surface area contributed by atoms with E-state index < -0.39 is 11.9 Å². The molecule has 0 radical (unpaired) electrons. The first-order chi connectivity index (χ1) is 14.9. The molecule has 4 N–H and O–H groups in total. The minimum Gasteiger partial charge on any atom is -0.504 e. The van der Waals surface area contributed by atoms with Gasteiger partial charge in [-0.1, -0.05) is 27.3 Å². The summed E-state index contributed by atoms with van der Waals surface area (Å²) in [5.41, 5.74) is 3.63. The molecule has 1 heterocycles. The summed E-state index contributed by atoms with van der Waals surface area (Å²) >= 11 is 4.40. The Balaban J connectivity index is 1.48. The zero-order chi connectivity index (χ0) is 22.2. The quantitative estimate of drug-likeness (QED) is 0.287. The summed E-state index contributed by atoms with van der Waals surface area (Å²) in [7, 11) is 1.44. The number of methoxy groups -OCH3 is 1. The van der Waals surface area contributed by atoms with Crippen molar-refractivity contribution in [2.45, 2.75) is 6.42 Å². The monoisotopic (exact) mass is 504 g/mol. The van der Waals surface area contributed by atoms with Crippen LogP contribution in [0.15, 0.2) is 52.0 Å². The van der Waals surface area contributed by atoms with Crippen molar-refractivity contribution >= 4 is 56.2 Å². The van der Waals surface area contributed by atoms with E-state index in [1.807, 2.05) is 0 Å². The van der Waals surface area contributed by atoms with Crippen molar-refractivity contribution in [1.82, 2.24) is 15.6 Å². The molecule has 10 nitrogen and oxygen atoms in total. The molecule has 0 aliphatic carbocycles. The number of benzene rings is 2. The lowest BCUT2D eigenvalue weighted by Gasteiger charge is -2.04. The molecule has 0 saturated carbocycles.